The van der Waals surface area contributed by atoms with Crippen molar-refractivity contribution in [3.63, 3.8) is 0 Å². The minimum absolute atomic E-state index is 0.0674. The Balaban J connectivity index is 1.24. The molecule has 3 N–H and O–H groups in total. The number of thioether (sulfide) groups is 1. The largest absolute Gasteiger partial charge is 0.494 e. The Hall–Kier alpha value is -2.60. The van der Waals surface area contributed by atoms with Gasteiger partial charge in [0.2, 0.25) is 11.9 Å². The molecule has 3 aromatic rings. The summed E-state index contributed by atoms with van der Waals surface area (Å²) in [5.41, 5.74) is 6.96. The third-order valence-corrected chi connectivity index (χ3v) is 8.64. The van der Waals surface area contributed by atoms with Gasteiger partial charge in [-0.25, -0.2) is 9.99 Å². The second-order valence-corrected chi connectivity index (χ2v) is 10.8. The fourth-order valence-electron chi connectivity index (χ4n) is 4.86. The minimum Gasteiger partial charge on any atom is -0.494 e. The van der Waals surface area contributed by atoms with Gasteiger partial charge in [0.25, 0.3) is 0 Å². The number of rotatable bonds is 6. The first-order valence-corrected chi connectivity index (χ1v) is 13.4. The molecule has 9 nitrogen and oxygen atoms in total. The second kappa shape index (κ2) is 8.88. The standard InChI is InChI=1S/C23H27N7O2S2/c1-3-32-15-7-5-14(6-8-15)26-18(31)11-33-23-28-27-22-29(23)21-19(20-24-12-25-30(20)22)16-10-13(2)4-9-17(16)34-21/h5-8,13,20,24-25H,3-4,9-12H2,1-2H3,(H,26,31)/t13-,20?/m1/s1. The number of thiophene rings is 1. The van der Waals surface area contributed by atoms with E-state index in [-0.39, 0.29) is 17.8 Å². The maximum atomic E-state index is 12.7. The number of fused-ring (bicyclic) bond motifs is 8. The number of benzene rings is 1. The number of aryl methyl sites for hydroxylation is 1. The summed E-state index contributed by atoms with van der Waals surface area (Å²) >= 11 is 3.26. The normalized spacial score (nSPS) is 20.4. The van der Waals surface area contributed by atoms with Gasteiger partial charge < -0.3 is 10.1 Å². The highest BCUT2D eigenvalue weighted by Crippen LogP contribution is 2.48. The first kappa shape index (κ1) is 21.9. The van der Waals surface area contributed by atoms with Crippen molar-refractivity contribution < 1.29 is 9.53 Å². The molecule has 1 saturated heterocycles. The lowest BCUT2D eigenvalue weighted by Crippen LogP contribution is -2.39. The van der Waals surface area contributed by atoms with Crippen molar-refractivity contribution in [1.29, 1.82) is 0 Å². The molecule has 1 fully saturated rings. The first-order valence-electron chi connectivity index (χ1n) is 11.6. The highest BCUT2D eigenvalue weighted by Gasteiger charge is 2.42. The zero-order valence-electron chi connectivity index (χ0n) is 19.1. The molecule has 6 rings (SSSR count). The van der Waals surface area contributed by atoms with Crippen LogP contribution >= 0.6 is 23.1 Å². The quantitative estimate of drug-likeness (QED) is 0.446. The van der Waals surface area contributed by atoms with Gasteiger partial charge in [-0.05, 0) is 61.9 Å². The second-order valence-electron chi connectivity index (χ2n) is 8.79. The van der Waals surface area contributed by atoms with E-state index in [1.807, 2.05) is 42.5 Å². The molecule has 2 aromatic heterocycles. The van der Waals surface area contributed by atoms with Crippen LogP contribution in [0.1, 0.15) is 42.4 Å². The highest BCUT2D eigenvalue weighted by atomic mass is 32.2. The molecule has 0 bridgehead atoms. The van der Waals surface area contributed by atoms with E-state index in [2.05, 4.69) is 42.8 Å². The summed E-state index contributed by atoms with van der Waals surface area (Å²) < 4.78 is 7.58. The first-order chi connectivity index (χ1) is 16.6. The van der Waals surface area contributed by atoms with E-state index >= 15 is 0 Å². The van der Waals surface area contributed by atoms with Gasteiger partial charge >= 0.3 is 0 Å². The molecule has 3 aliphatic rings. The van der Waals surface area contributed by atoms with Crippen molar-refractivity contribution in [2.45, 2.75) is 44.4 Å². The average Bonchev–Trinajstić information content (AvgIpc) is 3.55. The lowest BCUT2D eigenvalue weighted by Gasteiger charge is -2.31. The summed E-state index contributed by atoms with van der Waals surface area (Å²) in [5, 5.41) is 19.5. The number of nitrogens with one attached hydrogen (secondary N) is 3. The van der Waals surface area contributed by atoms with Crippen molar-refractivity contribution in [2.24, 2.45) is 5.92 Å². The molecule has 1 amide bonds. The van der Waals surface area contributed by atoms with E-state index in [0.29, 0.717) is 19.2 Å². The summed E-state index contributed by atoms with van der Waals surface area (Å²) in [7, 11) is 0. The van der Waals surface area contributed by atoms with Gasteiger partial charge in [0.15, 0.2) is 5.16 Å². The molecule has 0 spiro atoms. The summed E-state index contributed by atoms with van der Waals surface area (Å²) in [5.74, 6) is 2.41. The molecule has 0 saturated carbocycles. The van der Waals surface area contributed by atoms with Crippen LogP contribution in [0, 0.1) is 5.92 Å². The van der Waals surface area contributed by atoms with Crippen molar-refractivity contribution in [3.8, 4) is 10.8 Å². The Bertz CT molecular complexity index is 1220. The van der Waals surface area contributed by atoms with Crippen LogP contribution in [0.4, 0.5) is 11.6 Å². The lowest BCUT2D eigenvalue weighted by atomic mass is 9.87. The van der Waals surface area contributed by atoms with Gasteiger partial charge in [-0.2, -0.15) is 0 Å². The zero-order valence-corrected chi connectivity index (χ0v) is 20.8. The van der Waals surface area contributed by atoms with Gasteiger partial charge in [0.1, 0.15) is 16.9 Å². The van der Waals surface area contributed by atoms with Crippen LogP contribution < -0.4 is 25.8 Å². The predicted octanol–water partition coefficient (Wildman–Crippen LogP) is 3.47. The molecule has 11 heteroatoms. The number of amides is 1. The molecule has 2 atom stereocenters. The number of aromatic nitrogens is 3. The maximum Gasteiger partial charge on any atom is 0.249 e. The van der Waals surface area contributed by atoms with Crippen LogP contribution in [0.3, 0.4) is 0 Å². The molecule has 1 aliphatic carbocycles. The highest BCUT2D eigenvalue weighted by molar-refractivity contribution is 7.99. The van der Waals surface area contributed by atoms with Crippen molar-refractivity contribution in [1.82, 2.24) is 25.5 Å². The Morgan fingerprint density at radius 1 is 1.32 bits per heavy atom. The molecule has 4 heterocycles. The van der Waals surface area contributed by atoms with Gasteiger partial charge in [0, 0.05) is 16.1 Å². The van der Waals surface area contributed by atoms with Crippen LogP contribution in [0.25, 0.3) is 5.00 Å². The summed E-state index contributed by atoms with van der Waals surface area (Å²) in [4.78, 5) is 14.1. The number of anilines is 2. The average molecular weight is 498 g/mol. The van der Waals surface area contributed by atoms with E-state index in [9.17, 15) is 4.79 Å². The fourth-order valence-corrected chi connectivity index (χ4v) is 7.02. The van der Waals surface area contributed by atoms with Crippen LogP contribution in [-0.2, 0) is 17.6 Å². The number of carbonyl (C=O) groups is 1. The molecule has 2 aliphatic heterocycles. The van der Waals surface area contributed by atoms with Gasteiger partial charge in [-0.3, -0.25) is 15.1 Å². The topological polar surface area (TPSA) is 96.3 Å². The third kappa shape index (κ3) is 3.76. The van der Waals surface area contributed by atoms with Crippen molar-refractivity contribution in [3.05, 3.63) is 40.3 Å². The lowest BCUT2D eigenvalue weighted by molar-refractivity contribution is -0.113. The van der Waals surface area contributed by atoms with Crippen molar-refractivity contribution >= 4 is 40.6 Å². The summed E-state index contributed by atoms with van der Waals surface area (Å²) in [6.07, 6.45) is 3.53. The molecular weight excluding hydrogens is 470 g/mol. The third-order valence-electron chi connectivity index (χ3n) is 6.42. The van der Waals surface area contributed by atoms with E-state index < -0.39 is 0 Å². The molecule has 0 radical (unpaired) electrons. The number of hydrogen-bond donors (Lipinski definition) is 3. The van der Waals surface area contributed by atoms with Crippen LogP contribution in [0.2, 0.25) is 0 Å². The number of carbonyl (C=O) groups excluding carboxylic acids is 1. The summed E-state index contributed by atoms with van der Waals surface area (Å²) in [6, 6.07) is 7.41. The number of ether oxygens (including phenoxy) is 1. The molecule has 34 heavy (non-hydrogen) atoms. The zero-order chi connectivity index (χ0) is 23.2. The van der Waals surface area contributed by atoms with E-state index in [0.717, 1.165) is 35.4 Å². The van der Waals surface area contributed by atoms with E-state index in [1.54, 1.807) is 0 Å². The smallest absolute Gasteiger partial charge is 0.249 e. The number of hydrogen-bond acceptors (Lipinski definition) is 9. The van der Waals surface area contributed by atoms with Crippen LogP contribution in [0.15, 0.2) is 29.4 Å². The minimum atomic E-state index is -0.0827. The summed E-state index contributed by atoms with van der Waals surface area (Å²) in [6.45, 7) is 5.58. The number of nitrogens with zero attached hydrogens (tertiary/aromatic N) is 4. The molecule has 178 valence electrons. The van der Waals surface area contributed by atoms with E-state index in [4.69, 9.17) is 4.74 Å². The van der Waals surface area contributed by atoms with Crippen molar-refractivity contribution in [2.75, 3.05) is 29.4 Å². The Kier molecular flexibility index (Phi) is 5.72. The Morgan fingerprint density at radius 2 is 2.18 bits per heavy atom. The Labute approximate surface area is 206 Å². The van der Waals surface area contributed by atoms with Gasteiger partial charge in [-0.15, -0.1) is 21.5 Å². The SMILES string of the molecule is CCOc1ccc(NC(=O)CSc2nnc3n2-c2sc4c(c2C2NCNN32)C[C@H](C)CC4)cc1. The monoisotopic (exact) mass is 497 g/mol. The van der Waals surface area contributed by atoms with Gasteiger partial charge in [-0.1, -0.05) is 18.7 Å². The number of hydrazine groups is 1. The van der Waals surface area contributed by atoms with E-state index in [1.165, 1.54) is 39.2 Å². The molecular formula is C23H27N7O2S2. The predicted molar refractivity (Wildman–Crippen MR) is 134 cm³/mol. The van der Waals surface area contributed by atoms with Gasteiger partial charge in [0.05, 0.1) is 19.0 Å². The fraction of sp³-hybridized carbons (Fsp3) is 0.435. The molecule has 1 unspecified atom stereocenters. The van der Waals surface area contributed by atoms with Crippen LogP contribution in [-0.4, -0.2) is 39.7 Å². The molecule has 1 aromatic carbocycles. The maximum absolute atomic E-state index is 12.7. The van der Waals surface area contributed by atoms with Crippen LogP contribution in [0.5, 0.6) is 5.75 Å². The Morgan fingerprint density at radius 3 is 3.00 bits per heavy atom.